The van der Waals surface area contributed by atoms with Crippen LogP contribution in [0.5, 0.6) is 0 Å². The zero-order valence-electron chi connectivity index (χ0n) is 17.9. The number of aromatic nitrogens is 2. The van der Waals surface area contributed by atoms with Gasteiger partial charge in [0.2, 0.25) is 0 Å². The summed E-state index contributed by atoms with van der Waals surface area (Å²) in [7, 11) is 0. The maximum atomic E-state index is 12.5. The molecule has 0 atom stereocenters. The standard InChI is InChI=1S/C24H16F3N5O3/c25-24(26,27)14-30-23(34)32(35-15-33)20-3-1-2-19(10-20)21-13-29-22-11-18(8-9-31(21)22)17-6-4-16(12-28)5-7-17/h1-11,13,15H,14H2,(H,30,34). The fourth-order valence-corrected chi connectivity index (χ4v) is 3.42. The molecule has 0 aliphatic carbocycles. The number of carbonyl (C=O) groups is 2. The van der Waals surface area contributed by atoms with E-state index in [1.54, 1.807) is 46.4 Å². The number of fused-ring (bicyclic) bond motifs is 1. The van der Waals surface area contributed by atoms with Gasteiger partial charge in [-0.25, -0.2) is 9.78 Å². The van der Waals surface area contributed by atoms with E-state index in [4.69, 9.17) is 5.26 Å². The van der Waals surface area contributed by atoms with Gasteiger partial charge >= 0.3 is 18.7 Å². The third kappa shape index (κ3) is 5.22. The molecule has 8 nitrogen and oxygen atoms in total. The van der Waals surface area contributed by atoms with Gasteiger partial charge in [-0.1, -0.05) is 24.3 Å². The molecule has 0 aliphatic heterocycles. The molecule has 0 fully saturated rings. The number of nitriles is 1. The smallest absolute Gasteiger partial charge is 0.335 e. The van der Waals surface area contributed by atoms with Gasteiger partial charge in [-0.3, -0.25) is 9.20 Å². The van der Waals surface area contributed by atoms with E-state index in [9.17, 15) is 22.8 Å². The number of carbonyl (C=O) groups excluding carboxylic acids is 2. The fourth-order valence-electron chi connectivity index (χ4n) is 3.42. The fraction of sp³-hybridized carbons (Fsp3) is 0.0833. The van der Waals surface area contributed by atoms with Crippen molar-refractivity contribution in [1.82, 2.24) is 14.7 Å². The second kappa shape index (κ2) is 9.56. The van der Waals surface area contributed by atoms with Gasteiger partial charge in [-0.05, 0) is 47.5 Å². The molecule has 0 aliphatic rings. The van der Waals surface area contributed by atoms with E-state index in [-0.39, 0.29) is 12.2 Å². The van der Waals surface area contributed by atoms with Gasteiger partial charge in [0.05, 0.1) is 29.2 Å². The van der Waals surface area contributed by atoms with Crippen LogP contribution in [0.4, 0.5) is 23.7 Å². The molecule has 2 amide bonds. The third-order valence-electron chi connectivity index (χ3n) is 5.01. The minimum atomic E-state index is -4.63. The van der Waals surface area contributed by atoms with Gasteiger partial charge in [-0.2, -0.15) is 18.4 Å². The zero-order chi connectivity index (χ0) is 25.0. The summed E-state index contributed by atoms with van der Waals surface area (Å²) in [6.07, 6.45) is -1.23. The Balaban J connectivity index is 1.64. The highest BCUT2D eigenvalue weighted by atomic mass is 19.4. The average Bonchev–Trinajstić information content (AvgIpc) is 3.29. The SMILES string of the molecule is N#Cc1ccc(-c2ccn3c(-c4cccc(N(OC=O)C(=O)NCC(F)(F)F)c4)cnc3c2)cc1. The van der Waals surface area contributed by atoms with E-state index in [0.29, 0.717) is 27.5 Å². The number of rotatable bonds is 6. The Labute approximate surface area is 196 Å². The molecular weight excluding hydrogens is 463 g/mol. The summed E-state index contributed by atoms with van der Waals surface area (Å²) >= 11 is 0. The number of pyridine rings is 1. The lowest BCUT2D eigenvalue weighted by atomic mass is 10.1. The van der Waals surface area contributed by atoms with Gasteiger partial charge < -0.3 is 10.2 Å². The number of hydroxylamine groups is 1. The van der Waals surface area contributed by atoms with Crippen molar-refractivity contribution in [2.45, 2.75) is 6.18 Å². The van der Waals surface area contributed by atoms with Crippen molar-refractivity contribution >= 4 is 23.8 Å². The van der Waals surface area contributed by atoms with Crippen LogP contribution in [0.1, 0.15) is 5.56 Å². The maximum absolute atomic E-state index is 12.5. The summed E-state index contributed by atoms with van der Waals surface area (Å²) in [6, 6.07) is 17.8. The number of halogens is 3. The van der Waals surface area contributed by atoms with E-state index < -0.39 is 18.8 Å². The van der Waals surface area contributed by atoms with Crippen LogP contribution in [0.2, 0.25) is 0 Å². The third-order valence-corrected chi connectivity index (χ3v) is 5.01. The Bertz CT molecular complexity index is 1430. The molecule has 0 saturated carbocycles. The Morgan fingerprint density at radius 3 is 2.57 bits per heavy atom. The Hall–Kier alpha value is -4.85. The topological polar surface area (TPSA) is 99.7 Å². The molecule has 0 saturated heterocycles. The average molecular weight is 479 g/mol. The second-order valence-electron chi connectivity index (χ2n) is 7.30. The molecule has 11 heteroatoms. The van der Waals surface area contributed by atoms with Gasteiger partial charge in [0, 0.05) is 11.8 Å². The molecule has 0 radical (unpaired) electrons. The number of alkyl halides is 3. The largest absolute Gasteiger partial charge is 0.405 e. The first-order valence-electron chi connectivity index (χ1n) is 10.1. The molecule has 176 valence electrons. The molecule has 2 heterocycles. The molecule has 35 heavy (non-hydrogen) atoms. The van der Waals surface area contributed by atoms with E-state index in [1.165, 1.54) is 12.1 Å². The number of urea groups is 1. The number of hydrogen-bond acceptors (Lipinski definition) is 5. The lowest BCUT2D eigenvalue weighted by Crippen LogP contribution is -2.43. The molecule has 4 aromatic rings. The number of hydrogen-bond donors (Lipinski definition) is 1. The summed E-state index contributed by atoms with van der Waals surface area (Å²) in [6.45, 7) is -1.64. The molecule has 0 unspecified atom stereocenters. The van der Waals surface area contributed by atoms with E-state index in [0.717, 1.165) is 11.1 Å². The highest BCUT2D eigenvalue weighted by Gasteiger charge is 2.30. The van der Waals surface area contributed by atoms with Crippen molar-refractivity contribution in [3.8, 4) is 28.5 Å². The van der Waals surface area contributed by atoms with Crippen LogP contribution >= 0.6 is 0 Å². The normalized spacial score (nSPS) is 11.0. The number of benzene rings is 2. The van der Waals surface area contributed by atoms with Gasteiger partial charge in [0.25, 0.3) is 0 Å². The zero-order valence-corrected chi connectivity index (χ0v) is 17.9. The Morgan fingerprint density at radius 1 is 1.11 bits per heavy atom. The van der Waals surface area contributed by atoms with Gasteiger partial charge in [0.15, 0.2) is 0 Å². The van der Waals surface area contributed by atoms with Crippen LogP contribution < -0.4 is 10.4 Å². The highest BCUT2D eigenvalue weighted by Crippen LogP contribution is 2.28. The molecule has 2 aromatic heterocycles. The number of anilines is 1. The predicted molar refractivity (Wildman–Crippen MR) is 120 cm³/mol. The van der Waals surface area contributed by atoms with Gasteiger partial charge in [-0.15, -0.1) is 5.06 Å². The van der Waals surface area contributed by atoms with Crippen LogP contribution in [-0.2, 0) is 9.63 Å². The molecule has 0 spiro atoms. The van der Waals surface area contributed by atoms with Crippen molar-refractivity contribution < 1.29 is 27.6 Å². The van der Waals surface area contributed by atoms with Crippen molar-refractivity contribution in [3.05, 3.63) is 78.6 Å². The number of imidazole rings is 1. The first kappa shape index (κ1) is 23.3. The summed E-state index contributed by atoms with van der Waals surface area (Å²) in [5, 5.41) is 11.1. The van der Waals surface area contributed by atoms with E-state index in [2.05, 4.69) is 15.9 Å². The minimum absolute atomic E-state index is 0.0402. The molecular formula is C24H16F3N5O3. The molecule has 0 bridgehead atoms. The quantitative estimate of drug-likeness (QED) is 0.319. The monoisotopic (exact) mass is 479 g/mol. The number of amides is 2. The van der Waals surface area contributed by atoms with E-state index in [1.807, 2.05) is 24.3 Å². The predicted octanol–water partition coefficient (Wildman–Crippen LogP) is 4.71. The van der Waals surface area contributed by atoms with Crippen LogP contribution in [0.25, 0.3) is 28.0 Å². The molecule has 1 N–H and O–H groups in total. The van der Waals surface area contributed by atoms with Gasteiger partial charge in [0.1, 0.15) is 12.2 Å². The molecule has 2 aromatic carbocycles. The van der Waals surface area contributed by atoms with Crippen molar-refractivity contribution in [1.29, 1.82) is 5.26 Å². The second-order valence-corrected chi connectivity index (χ2v) is 7.30. The summed E-state index contributed by atoms with van der Waals surface area (Å²) in [5.41, 5.74) is 4.22. The lowest BCUT2D eigenvalue weighted by Gasteiger charge is -2.20. The van der Waals surface area contributed by atoms with Crippen molar-refractivity contribution in [3.63, 3.8) is 0 Å². The Morgan fingerprint density at radius 2 is 1.89 bits per heavy atom. The van der Waals surface area contributed by atoms with E-state index >= 15 is 0 Å². The number of nitrogens with one attached hydrogen (secondary N) is 1. The maximum Gasteiger partial charge on any atom is 0.405 e. The summed E-state index contributed by atoms with van der Waals surface area (Å²) in [4.78, 5) is 32.1. The summed E-state index contributed by atoms with van der Waals surface area (Å²) < 4.78 is 39.2. The summed E-state index contributed by atoms with van der Waals surface area (Å²) in [5.74, 6) is 0. The highest BCUT2D eigenvalue weighted by molar-refractivity contribution is 5.91. The van der Waals surface area contributed by atoms with Crippen LogP contribution in [0, 0.1) is 11.3 Å². The molecule has 4 rings (SSSR count). The first-order chi connectivity index (χ1) is 16.8. The van der Waals surface area contributed by atoms with Crippen LogP contribution in [-0.4, -0.2) is 34.6 Å². The number of nitrogens with zero attached hydrogens (tertiary/aromatic N) is 4. The Kier molecular flexibility index (Phi) is 6.37. The first-order valence-corrected chi connectivity index (χ1v) is 10.1. The van der Waals surface area contributed by atoms with Crippen LogP contribution in [0.3, 0.4) is 0 Å². The van der Waals surface area contributed by atoms with Crippen molar-refractivity contribution in [2.75, 3.05) is 11.6 Å². The lowest BCUT2D eigenvalue weighted by molar-refractivity contribution is -0.129. The van der Waals surface area contributed by atoms with Crippen molar-refractivity contribution in [2.24, 2.45) is 0 Å². The van der Waals surface area contributed by atoms with Crippen LogP contribution in [0.15, 0.2) is 73.1 Å². The minimum Gasteiger partial charge on any atom is -0.335 e.